The van der Waals surface area contributed by atoms with E-state index < -0.39 is 22.1 Å². The molecule has 40 heavy (non-hydrogen) atoms. The molecule has 9 heteroatoms. The smallest absolute Gasteiger partial charge is 0.339 e. The number of sulfonamides is 1. The van der Waals surface area contributed by atoms with Crippen LogP contribution < -0.4 is 10.1 Å². The monoisotopic (exact) mass is 566 g/mol. The van der Waals surface area contributed by atoms with Gasteiger partial charge in [0.2, 0.25) is 10.0 Å². The average molecular weight is 567 g/mol. The molecule has 3 aromatic carbocycles. The van der Waals surface area contributed by atoms with Gasteiger partial charge in [-0.15, -0.1) is 0 Å². The molecule has 0 aromatic heterocycles. The van der Waals surface area contributed by atoms with Gasteiger partial charge in [0.25, 0.3) is 0 Å². The van der Waals surface area contributed by atoms with Crippen molar-refractivity contribution in [3.63, 3.8) is 0 Å². The maximum atomic E-state index is 13.3. The quantitative estimate of drug-likeness (QED) is 0.301. The number of methoxy groups -OCH3 is 1. The highest BCUT2D eigenvalue weighted by atomic mass is 32.2. The number of hydrogen-bond acceptors (Lipinski definition) is 6. The molecule has 1 atom stereocenters. The van der Waals surface area contributed by atoms with Gasteiger partial charge in [-0.05, 0) is 85.5 Å². The summed E-state index contributed by atoms with van der Waals surface area (Å²) >= 11 is 0. The van der Waals surface area contributed by atoms with Gasteiger partial charge in [0.05, 0.1) is 18.1 Å². The average Bonchev–Trinajstić information content (AvgIpc) is 3.33. The molecule has 1 unspecified atom stereocenters. The van der Waals surface area contributed by atoms with Gasteiger partial charge in [0.15, 0.2) is 0 Å². The summed E-state index contributed by atoms with van der Waals surface area (Å²) in [6.45, 7) is 4.44. The number of rotatable bonds is 12. The van der Waals surface area contributed by atoms with Crippen LogP contribution in [-0.4, -0.2) is 67.8 Å². The van der Waals surface area contributed by atoms with Crippen molar-refractivity contribution < 1.29 is 28.2 Å². The standard InChI is InChI=1S/C31H38N2O6S/c1-31(2,18-21-14-22-8-5-6-9-23(22)15-21)32-19-26(34)20-33(3)40(37,38)27-11-7-10-24(16-27)25-12-13-28(30(35)36)29(17-25)39-4/h5-13,16-17,21,26,32,34H,14-15,18-20H2,1-4H3,(H,35,36). The summed E-state index contributed by atoms with van der Waals surface area (Å²) in [4.78, 5) is 11.5. The summed E-state index contributed by atoms with van der Waals surface area (Å²) in [5, 5.41) is 23.5. The minimum atomic E-state index is -3.88. The number of nitrogens with one attached hydrogen (secondary N) is 1. The van der Waals surface area contributed by atoms with Crippen molar-refractivity contribution in [1.82, 2.24) is 9.62 Å². The third kappa shape index (κ3) is 6.90. The second kappa shape index (κ2) is 12.1. The lowest BCUT2D eigenvalue weighted by Gasteiger charge is -2.31. The molecule has 0 saturated heterocycles. The number of aliphatic hydroxyl groups is 1. The molecular formula is C31H38N2O6S. The number of β-amino-alcohol motifs (C(OH)–C–C–N with tert-alkyl or cyclic N) is 1. The normalized spacial score (nSPS) is 14.8. The number of fused-ring (bicyclic) bond motifs is 1. The van der Waals surface area contributed by atoms with E-state index in [1.165, 1.54) is 43.5 Å². The maximum absolute atomic E-state index is 13.3. The molecule has 0 spiro atoms. The third-order valence-electron chi connectivity index (χ3n) is 7.53. The first-order valence-electron chi connectivity index (χ1n) is 13.4. The molecule has 0 radical (unpaired) electrons. The van der Waals surface area contributed by atoms with Crippen LogP contribution >= 0.6 is 0 Å². The van der Waals surface area contributed by atoms with Crippen LogP contribution in [0.5, 0.6) is 5.75 Å². The highest BCUT2D eigenvalue weighted by molar-refractivity contribution is 7.89. The molecule has 0 aliphatic heterocycles. The van der Waals surface area contributed by atoms with Crippen molar-refractivity contribution in [3.8, 4) is 16.9 Å². The highest BCUT2D eigenvalue weighted by Crippen LogP contribution is 2.32. The fraction of sp³-hybridized carbons (Fsp3) is 0.387. The van der Waals surface area contributed by atoms with Crippen LogP contribution in [0.3, 0.4) is 0 Å². The van der Waals surface area contributed by atoms with Crippen LogP contribution in [0, 0.1) is 5.92 Å². The van der Waals surface area contributed by atoms with Crippen molar-refractivity contribution in [2.24, 2.45) is 5.92 Å². The number of carbonyl (C=O) groups is 1. The van der Waals surface area contributed by atoms with Gasteiger partial charge in [0.1, 0.15) is 11.3 Å². The van der Waals surface area contributed by atoms with E-state index in [1.807, 2.05) is 0 Å². The Morgan fingerprint density at radius 2 is 1.70 bits per heavy atom. The Kier molecular flexibility index (Phi) is 8.99. The lowest BCUT2D eigenvalue weighted by molar-refractivity contribution is 0.0693. The van der Waals surface area contributed by atoms with E-state index in [0.717, 1.165) is 23.6 Å². The third-order valence-corrected chi connectivity index (χ3v) is 9.35. The number of carboxylic acid groups (broad SMARTS) is 1. The second-order valence-electron chi connectivity index (χ2n) is 11.2. The molecule has 0 fully saturated rings. The first-order valence-corrected chi connectivity index (χ1v) is 14.8. The molecule has 0 bridgehead atoms. The first-order chi connectivity index (χ1) is 18.9. The molecule has 1 aliphatic rings. The highest BCUT2D eigenvalue weighted by Gasteiger charge is 2.29. The Hall–Kier alpha value is -3.24. The minimum absolute atomic E-state index is 0.0221. The minimum Gasteiger partial charge on any atom is -0.496 e. The molecule has 8 nitrogen and oxygen atoms in total. The van der Waals surface area contributed by atoms with E-state index in [0.29, 0.717) is 17.0 Å². The summed E-state index contributed by atoms with van der Waals surface area (Å²) in [5.74, 6) is -0.388. The van der Waals surface area contributed by atoms with E-state index in [2.05, 4.69) is 43.4 Å². The van der Waals surface area contributed by atoms with Crippen molar-refractivity contribution >= 4 is 16.0 Å². The molecule has 3 aromatic rings. The van der Waals surface area contributed by atoms with Gasteiger partial charge in [-0.25, -0.2) is 13.2 Å². The SMILES string of the molecule is COc1cc(-c2cccc(S(=O)(=O)N(C)CC(O)CNC(C)(C)CC3Cc4ccccc4C3)c2)ccc1C(=O)O. The number of ether oxygens (including phenoxy) is 1. The van der Waals surface area contributed by atoms with E-state index in [-0.39, 0.29) is 34.8 Å². The summed E-state index contributed by atoms with van der Waals surface area (Å²) in [6, 6.07) is 19.6. The van der Waals surface area contributed by atoms with E-state index in [9.17, 15) is 23.4 Å². The lowest BCUT2D eigenvalue weighted by Crippen LogP contribution is -2.47. The fourth-order valence-corrected chi connectivity index (χ4v) is 6.76. The van der Waals surface area contributed by atoms with Crippen molar-refractivity contribution in [3.05, 3.63) is 83.4 Å². The Morgan fingerprint density at radius 3 is 2.33 bits per heavy atom. The van der Waals surface area contributed by atoms with Gasteiger partial charge in [-0.1, -0.05) is 42.5 Å². The largest absolute Gasteiger partial charge is 0.496 e. The van der Waals surface area contributed by atoms with Gasteiger partial charge in [-0.2, -0.15) is 4.31 Å². The Morgan fingerprint density at radius 1 is 1.05 bits per heavy atom. The van der Waals surface area contributed by atoms with Gasteiger partial charge >= 0.3 is 5.97 Å². The molecule has 0 amide bonds. The van der Waals surface area contributed by atoms with Gasteiger partial charge in [-0.3, -0.25) is 0 Å². The number of nitrogens with zero attached hydrogens (tertiary/aromatic N) is 1. The number of aliphatic hydroxyl groups excluding tert-OH is 1. The molecule has 1 aliphatic carbocycles. The van der Waals surface area contributed by atoms with Crippen LogP contribution in [0.15, 0.2) is 71.6 Å². The van der Waals surface area contributed by atoms with Crippen molar-refractivity contribution in [2.45, 2.75) is 49.6 Å². The zero-order chi connectivity index (χ0) is 29.1. The zero-order valence-electron chi connectivity index (χ0n) is 23.4. The van der Waals surface area contributed by atoms with Gasteiger partial charge in [0, 0.05) is 25.7 Å². The molecule has 0 saturated carbocycles. The van der Waals surface area contributed by atoms with Crippen LogP contribution in [0.2, 0.25) is 0 Å². The van der Waals surface area contributed by atoms with Gasteiger partial charge < -0.3 is 20.3 Å². The predicted molar refractivity (Wildman–Crippen MR) is 155 cm³/mol. The maximum Gasteiger partial charge on any atom is 0.339 e. The topological polar surface area (TPSA) is 116 Å². The molecule has 0 heterocycles. The van der Waals surface area contributed by atoms with Crippen LogP contribution in [0.25, 0.3) is 11.1 Å². The van der Waals surface area contributed by atoms with Crippen molar-refractivity contribution in [2.75, 3.05) is 27.2 Å². The first kappa shape index (κ1) is 29.7. The summed E-state index contributed by atoms with van der Waals surface area (Å²) in [7, 11) is -1.04. The fourth-order valence-electron chi connectivity index (χ4n) is 5.51. The van der Waals surface area contributed by atoms with Crippen LogP contribution in [0.1, 0.15) is 41.8 Å². The Balaban J connectivity index is 1.37. The molecule has 214 valence electrons. The molecule has 3 N–H and O–H groups in total. The lowest BCUT2D eigenvalue weighted by atomic mass is 9.88. The number of benzene rings is 3. The van der Waals surface area contributed by atoms with Crippen LogP contribution in [-0.2, 0) is 22.9 Å². The second-order valence-corrected chi connectivity index (χ2v) is 13.2. The summed E-state index contributed by atoms with van der Waals surface area (Å²) in [6.07, 6.45) is 2.17. The van der Waals surface area contributed by atoms with Crippen LogP contribution in [0.4, 0.5) is 0 Å². The molecule has 4 rings (SSSR count). The summed E-state index contributed by atoms with van der Waals surface area (Å²) < 4.78 is 33.1. The summed E-state index contributed by atoms with van der Waals surface area (Å²) in [5.41, 5.74) is 3.86. The van der Waals surface area contributed by atoms with E-state index in [4.69, 9.17) is 4.74 Å². The molecular weight excluding hydrogens is 528 g/mol. The predicted octanol–water partition coefficient (Wildman–Crippen LogP) is 4.22. The number of carboxylic acids is 1. The van der Waals surface area contributed by atoms with E-state index in [1.54, 1.807) is 24.3 Å². The number of hydrogen-bond donors (Lipinski definition) is 3. The zero-order valence-corrected chi connectivity index (χ0v) is 24.2. The van der Waals surface area contributed by atoms with E-state index >= 15 is 0 Å². The Labute approximate surface area is 236 Å². The Bertz CT molecular complexity index is 1450. The van der Waals surface area contributed by atoms with Crippen molar-refractivity contribution in [1.29, 1.82) is 0 Å². The number of aromatic carboxylic acids is 1. The number of likely N-dealkylation sites (N-methyl/N-ethyl adjacent to an activating group) is 1.